The average molecular weight is 213 g/mol. The number of hydrogen-bond donors (Lipinski definition) is 2. The first-order valence-corrected chi connectivity index (χ1v) is 5.32. The number of nitrogen functional groups attached to an aromatic ring is 1. The van der Waals surface area contributed by atoms with E-state index in [1.54, 1.807) is 0 Å². The lowest BCUT2D eigenvalue weighted by molar-refractivity contribution is 0.100. The molecule has 68 valence electrons. The van der Waals surface area contributed by atoms with E-state index in [1.807, 2.05) is 12.3 Å². The van der Waals surface area contributed by atoms with Gasteiger partial charge in [-0.25, -0.2) is 0 Å². The molecule has 0 aromatic carbocycles. The largest absolute Gasteiger partial charge is 0.396 e. The summed E-state index contributed by atoms with van der Waals surface area (Å²) < 4.78 is 0.730. The molecule has 0 saturated heterocycles. The van der Waals surface area contributed by atoms with Crippen molar-refractivity contribution in [2.24, 2.45) is 5.73 Å². The van der Waals surface area contributed by atoms with E-state index in [1.165, 1.54) is 11.8 Å². The van der Waals surface area contributed by atoms with E-state index in [0.717, 1.165) is 15.5 Å². The lowest BCUT2D eigenvalue weighted by Gasteiger charge is -1.90. The van der Waals surface area contributed by atoms with Gasteiger partial charge < -0.3 is 11.5 Å². The molecule has 4 nitrogen and oxygen atoms in total. The molecule has 1 aromatic rings. The first kappa shape index (κ1) is 9.89. The van der Waals surface area contributed by atoms with Crippen molar-refractivity contribution >= 4 is 34.7 Å². The third-order valence-electron chi connectivity index (χ3n) is 1.43. The number of nitrogens with two attached hydrogens (primary N) is 2. The number of amides is 1. The summed E-state index contributed by atoms with van der Waals surface area (Å²) in [6, 6.07) is 1.95. The van der Waals surface area contributed by atoms with E-state index in [-0.39, 0.29) is 10.6 Å². The predicted octanol–water partition coefficient (Wildman–Crippen LogP) is 1.02. The number of anilines is 1. The average Bonchev–Trinajstić information content (AvgIpc) is 2.41. The SMILES string of the molecule is CSc1sc(C(N)=O)c(N)c1C#N. The van der Waals surface area contributed by atoms with Gasteiger partial charge in [-0.15, -0.1) is 23.1 Å². The number of carbonyl (C=O) groups is 1. The Balaban J connectivity index is 3.37. The molecule has 0 spiro atoms. The van der Waals surface area contributed by atoms with Gasteiger partial charge in [-0.2, -0.15) is 5.26 Å². The van der Waals surface area contributed by atoms with Gasteiger partial charge in [0.05, 0.1) is 9.90 Å². The number of rotatable bonds is 2. The van der Waals surface area contributed by atoms with E-state index >= 15 is 0 Å². The zero-order chi connectivity index (χ0) is 10.0. The van der Waals surface area contributed by atoms with E-state index in [4.69, 9.17) is 16.7 Å². The summed E-state index contributed by atoms with van der Waals surface area (Å²) in [5, 5.41) is 8.74. The first-order chi connectivity index (χ1) is 6.11. The summed E-state index contributed by atoms with van der Waals surface area (Å²) in [6.07, 6.45) is 1.82. The Hall–Kier alpha value is -1.19. The summed E-state index contributed by atoms with van der Waals surface area (Å²) in [4.78, 5) is 11.1. The van der Waals surface area contributed by atoms with Crippen molar-refractivity contribution < 1.29 is 4.79 Å². The zero-order valence-electron chi connectivity index (χ0n) is 6.83. The highest BCUT2D eigenvalue weighted by Gasteiger charge is 2.18. The highest BCUT2D eigenvalue weighted by atomic mass is 32.2. The third-order valence-corrected chi connectivity index (χ3v) is 3.77. The maximum Gasteiger partial charge on any atom is 0.260 e. The van der Waals surface area contributed by atoms with Crippen molar-refractivity contribution in [2.75, 3.05) is 12.0 Å². The molecule has 0 bridgehead atoms. The molecule has 0 saturated carbocycles. The second kappa shape index (κ2) is 3.68. The van der Waals surface area contributed by atoms with E-state index in [2.05, 4.69) is 0 Å². The minimum absolute atomic E-state index is 0.198. The van der Waals surface area contributed by atoms with Crippen LogP contribution < -0.4 is 11.5 Å². The monoisotopic (exact) mass is 213 g/mol. The van der Waals surface area contributed by atoms with Crippen LogP contribution in [0.1, 0.15) is 15.2 Å². The number of carbonyl (C=O) groups excluding carboxylic acids is 1. The zero-order valence-corrected chi connectivity index (χ0v) is 8.46. The standard InChI is InChI=1S/C7H7N3OS2/c1-12-7-3(2-8)4(9)5(13-7)6(10)11/h9H2,1H3,(H2,10,11). The van der Waals surface area contributed by atoms with Crippen LogP contribution in [0.4, 0.5) is 5.69 Å². The van der Waals surface area contributed by atoms with Gasteiger partial charge in [0.15, 0.2) is 0 Å². The molecular formula is C7H7N3OS2. The van der Waals surface area contributed by atoms with Crippen molar-refractivity contribution in [2.45, 2.75) is 4.21 Å². The van der Waals surface area contributed by atoms with Crippen LogP contribution in [0.25, 0.3) is 0 Å². The number of nitrogens with zero attached hydrogens (tertiary/aromatic N) is 1. The summed E-state index contributed by atoms with van der Waals surface area (Å²) in [6.45, 7) is 0. The molecule has 0 unspecified atom stereocenters. The molecule has 0 fully saturated rings. The Bertz CT molecular complexity index is 391. The Morgan fingerprint density at radius 3 is 2.62 bits per heavy atom. The van der Waals surface area contributed by atoms with Crippen LogP contribution in [0.5, 0.6) is 0 Å². The second-order valence-electron chi connectivity index (χ2n) is 2.19. The molecule has 6 heteroatoms. The second-order valence-corrected chi connectivity index (χ2v) is 4.28. The van der Waals surface area contributed by atoms with E-state index in [0.29, 0.717) is 5.56 Å². The fraction of sp³-hybridized carbons (Fsp3) is 0.143. The van der Waals surface area contributed by atoms with Crippen LogP contribution in [0.15, 0.2) is 4.21 Å². The predicted molar refractivity (Wildman–Crippen MR) is 53.7 cm³/mol. The van der Waals surface area contributed by atoms with E-state index in [9.17, 15) is 4.79 Å². The van der Waals surface area contributed by atoms with Crippen LogP contribution >= 0.6 is 23.1 Å². The number of primary amides is 1. The Morgan fingerprint density at radius 2 is 2.31 bits per heavy atom. The molecular weight excluding hydrogens is 206 g/mol. The quantitative estimate of drug-likeness (QED) is 0.717. The molecule has 4 N–H and O–H groups in total. The smallest absolute Gasteiger partial charge is 0.260 e. The van der Waals surface area contributed by atoms with Crippen molar-refractivity contribution in [1.29, 1.82) is 5.26 Å². The highest BCUT2D eigenvalue weighted by molar-refractivity contribution is 8.00. The molecule has 1 heterocycles. The first-order valence-electron chi connectivity index (χ1n) is 3.28. The van der Waals surface area contributed by atoms with Crippen LogP contribution in [-0.2, 0) is 0 Å². The molecule has 1 rings (SSSR count). The third kappa shape index (κ3) is 1.61. The Morgan fingerprint density at radius 1 is 1.69 bits per heavy atom. The maximum atomic E-state index is 10.9. The van der Waals surface area contributed by atoms with Crippen molar-refractivity contribution in [3.63, 3.8) is 0 Å². The molecule has 1 aromatic heterocycles. The van der Waals surface area contributed by atoms with Gasteiger partial charge in [-0.3, -0.25) is 4.79 Å². The van der Waals surface area contributed by atoms with Gasteiger partial charge in [-0.1, -0.05) is 0 Å². The van der Waals surface area contributed by atoms with Crippen molar-refractivity contribution in [3.8, 4) is 6.07 Å². The highest BCUT2D eigenvalue weighted by Crippen LogP contribution is 2.36. The van der Waals surface area contributed by atoms with Crippen molar-refractivity contribution in [3.05, 3.63) is 10.4 Å². The minimum atomic E-state index is -0.584. The molecule has 0 aliphatic heterocycles. The lowest BCUT2D eigenvalue weighted by Crippen LogP contribution is -2.10. The minimum Gasteiger partial charge on any atom is -0.396 e. The van der Waals surface area contributed by atoms with Gasteiger partial charge in [0, 0.05) is 0 Å². The summed E-state index contributed by atoms with van der Waals surface area (Å²) >= 11 is 2.54. The van der Waals surface area contributed by atoms with E-state index < -0.39 is 5.91 Å². The molecule has 1 amide bonds. The number of nitriles is 1. The number of thiophene rings is 1. The van der Waals surface area contributed by atoms with Gasteiger partial charge >= 0.3 is 0 Å². The summed E-state index contributed by atoms with van der Waals surface area (Å²) in [7, 11) is 0. The molecule has 0 radical (unpaired) electrons. The van der Waals surface area contributed by atoms with Crippen LogP contribution in [-0.4, -0.2) is 12.2 Å². The maximum absolute atomic E-state index is 10.9. The fourth-order valence-electron chi connectivity index (χ4n) is 0.855. The van der Waals surface area contributed by atoms with Crippen LogP contribution in [0, 0.1) is 11.3 Å². The fourth-order valence-corrected chi connectivity index (χ4v) is 2.55. The van der Waals surface area contributed by atoms with Crippen LogP contribution in [0.2, 0.25) is 0 Å². The van der Waals surface area contributed by atoms with Gasteiger partial charge in [0.25, 0.3) is 5.91 Å². The van der Waals surface area contributed by atoms with Gasteiger partial charge in [0.1, 0.15) is 16.5 Å². The van der Waals surface area contributed by atoms with Gasteiger partial charge in [-0.05, 0) is 6.26 Å². The topological polar surface area (TPSA) is 92.9 Å². The Kier molecular flexibility index (Phi) is 2.80. The van der Waals surface area contributed by atoms with Gasteiger partial charge in [0.2, 0.25) is 0 Å². The van der Waals surface area contributed by atoms with Crippen LogP contribution in [0.3, 0.4) is 0 Å². The Labute approximate surface area is 83.5 Å². The molecule has 0 aliphatic rings. The van der Waals surface area contributed by atoms with Crippen molar-refractivity contribution in [1.82, 2.24) is 0 Å². The number of thioether (sulfide) groups is 1. The normalized spacial score (nSPS) is 9.54. The molecule has 13 heavy (non-hydrogen) atoms. The lowest BCUT2D eigenvalue weighted by atomic mass is 10.3. The molecule has 0 aliphatic carbocycles. The number of hydrogen-bond acceptors (Lipinski definition) is 5. The summed E-state index contributed by atoms with van der Waals surface area (Å²) in [5.41, 5.74) is 11.2. The molecule has 0 atom stereocenters. The summed E-state index contributed by atoms with van der Waals surface area (Å²) in [5.74, 6) is -0.584.